The third kappa shape index (κ3) is 10.0. The number of nitrogens with zero attached hydrogens (tertiary/aromatic N) is 1. The minimum atomic E-state index is -0.714. The van der Waals surface area contributed by atoms with Crippen LogP contribution in [0.5, 0.6) is 0 Å². The number of esters is 1. The van der Waals surface area contributed by atoms with E-state index >= 15 is 0 Å². The molecule has 0 bridgehead atoms. The summed E-state index contributed by atoms with van der Waals surface area (Å²) in [6.07, 6.45) is 6.87. The lowest BCUT2D eigenvalue weighted by Crippen LogP contribution is -2.50. The molecule has 1 aliphatic heterocycles. The molecule has 12 nitrogen and oxygen atoms in total. The van der Waals surface area contributed by atoms with Crippen LogP contribution in [0.3, 0.4) is 0 Å². The van der Waals surface area contributed by atoms with Crippen molar-refractivity contribution in [2.45, 2.75) is 109 Å². The predicted molar refractivity (Wildman–Crippen MR) is 193 cm³/mol. The first-order chi connectivity index (χ1) is 24.9. The number of halogens is 1. The number of anilines is 1. The van der Waals surface area contributed by atoms with E-state index in [0.717, 1.165) is 32.1 Å². The number of carbonyl (C=O) groups excluding carboxylic acids is 4. The van der Waals surface area contributed by atoms with Crippen LogP contribution in [0, 0.1) is 23.7 Å². The van der Waals surface area contributed by atoms with Crippen molar-refractivity contribution < 1.29 is 46.9 Å². The number of amides is 3. The van der Waals surface area contributed by atoms with E-state index < -0.39 is 36.4 Å². The summed E-state index contributed by atoms with van der Waals surface area (Å²) in [7, 11) is 3.32. The highest BCUT2D eigenvalue weighted by Gasteiger charge is 2.47. The highest BCUT2D eigenvalue weighted by atomic mass is 19.1. The van der Waals surface area contributed by atoms with Gasteiger partial charge in [0.05, 0.1) is 18.8 Å². The highest BCUT2D eigenvalue weighted by Crippen LogP contribution is 2.42. The van der Waals surface area contributed by atoms with E-state index in [2.05, 4.69) is 10.6 Å². The molecule has 0 unspecified atom stereocenters. The average Bonchev–Trinajstić information content (AvgIpc) is 3.77. The van der Waals surface area contributed by atoms with Crippen molar-refractivity contribution in [1.82, 2.24) is 10.2 Å². The van der Waals surface area contributed by atoms with E-state index in [9.17, 15) is 23.6 Å². The number of rotatable bonds is 13. The van der Waals surface area contributed by atoms with Crippen LogP contribution in [-0.4, -0.2) is 93.2 Å². The van der Waals surface area contributed by atoms with Crippen LogP contribution in [0.2, 0.25) is 0 Å². The van der Waals surface area contributed by atoms with Crippen molar-refractivity contribution in [3.05, 3.63) is 30.0 Å². The van der Waals surface area contributed by atoms with Gasteiger partial charge in [-0.15, -0.1) is 0 Å². The molecular weight excluding hydrogens is 673 g/mol. The molecule has 1 saturated heterocycles. The topological polar surface area (TPSA) is 146 Å². The molecule has 3 aliphatic rings. The second-order valence-corrected chi connectivity index (χ2v) is 15.6. The molecule has 3 amide bonds. The molecule has 1 aromatic carbocycles. The first kappa shape index (κ1) is 39.5. The Morgan fingerprint density at radius 1 is 0.962 bits per heavy atom. The van der Waals surface area contributed by atoms with E-state index in [1.165, 1.54) is 0 Å². The van der Waals surface area contributed by atoms with E-state index in [4.69, 9.17) is 23.4 Å². The Morgan fingerprint density at radius 3 is 2.35 bits per heavy atom. The molecule has 2 aliphatic carbocycles. The fraction of sp³-hybridized carbons (Fsp3) is 0.692. The van der Waals surface area contributed by atoms with Crippen molar-refractivity contribution in [3.63, 3.8) is 0 Å². The van der Waals surface area contributed by atoms with Gasteiger partial charge in [-0.25, -0.2) is 14.0 Å². The molecule has 3 fully saturated rings. The van der Waals surface area contributed by atoms with Gasteiger partial charge in [0.1, 0.15) is 23.9 Å². The van der Waals surface area contributed by atoms with Crippen LogP contribution in [0.15, 0.2) is 28.7 Å². The molecule has 2 aromatic rings. The summed E-state index contributed by atoms with van der Waals surface area (Å²) >= 11 is 0. The van der Waals surface area contributed by atoms with E-state index in [0.29, 0.717) is 61.9 Å². The summed E-state index contributed by atoms with van der Waals surface area (Å²) in [4.78, 5) is 55.1. The highest BCUT2D eigenvalue weighted by molar-refractivity contribution is 6.00. The molecular formula is C39H56FN3O9. The fourth-order valence-electron chi connectivity index (χ4n) is 8.27. The Balaban J connectivity index is 1.27. The molecule has 2 heterocycles. The Bertz CT molecular complexity index is 1520. The molecule has 3 atom stereocenters. The number of carbonyl (C=O) groups is 4. The van der Waals surface area contributed by atoms with Crippen LogP contribution in [0.1, 0.15) is 95.5 Å². The zero-order valence-electron chi connectivity index (χ0n) is 31.2. The molecule has 13 heteroatoms. The molecule has 2 N–H and O–H groups in total. The summed E-state index contributed by atoms with van der Waals surface area (Å²) in [5.74, 6) is -0.885. The Labute approximate surface area is 305 Å². The van der Waals surface area contributed by atoms with Gasteiger partial charge < -0.3 is 38.9 Å². The molecule has 5 rings (SSSR count). The van der Waals surface area contributed by atoms with E-state index in [1.54, 1.807) is 64.2 Å². The van der Waals surface area contributed by atoms with Crippen LogP contribution < -0.4 is 10.6 Å². The van der Waals surface area contributed by atoms with Gasteiger partial charge in [-0.3, -0.25) is 9.59 Å². The number of furan rings is 1. The zero-order valence-corrected chi connectivity index (χ0v) is 31.2. The lowest BCUT2D eigenvalue weighted by molar-refractivity contribution is -0.142. The fourth-order valence-corrected chi connectivity index (χ4v) is 8.27. The quantitative estimate of drug-likeness (QED) is 0.171. The summed E-state index contributed by atoms with van der Waals surface area (Å²) < 4.78 is 41.0. The van der Waals surface area contributed by atoms with Gasteiger partial charge in [-0.2, -0.15) is 0 Å². The van der Waals surface area contributed by atoms with Gasteiger partial charge in [0.2, 0.25) is 17.6 Å². The normalized spacial score (nSPS) is 25.8. The van der Waals surface area contributed by atoms with Gasteiger partial charge in [0, 0.05) is 50.8 Å². The maximum absolute atomic E-state index is 14.3. The summed E-state index contributed by atoms with van der Waals surface area (Å²) in [6.45, 7) is 5.75. The van der Waals surface area contributed by atoms with Crippen LogP contribution in [-0.2, 0) is 28.5 Å². The standard InChI is InChI=1S/C39H56FN3O9/c1-39(2,3)52-38(47)42-31(23-40)25-7-9-26(10-8-25)36(45)43-18-17-30(24-11-14-29(49-5)15-12-24)34(43)35(44)41-28-13-16-32-27(21-28)22-33(51-32)37(46)50-20-6-19-48-4/h13,16,21-22,24-26,29-31,34H,6-12,14-15,17-20,23H2,1-5H3,(H,41,44)(H,42,47)/t24?,25-,26-,29?,30-,31-,34-/m1/s1. The minimum absolute atomic E-state index is 0.00387. The Kier molecular flexibility index (Phi) is 13.6. The minimum Gasteiger partial charge on any atom is -0.460 e. The Morgan fingerprint density at radius 2 is 1.69 bits per heavy atom. The van der Waals surface area contributed by atoms with Gasteiger partial charge in [-0.1, -0.05) is 0 Å². The summed E-state index contributed by atoms with van der Waals surface area (Å²) in [5, 5.41) is 6.41. The SMILES string of the molecule is COCCCOC(=O)c1cc2cc(NC(=O)[C@H]3[C@@H](C4CCC(OC)CC4)CCN3C(=O)[C@H]3CC[C@H]([C@@H](CF)NC(=O)OC(C)(C)C)CC3)ccc2o1. The lowest BCUT2D eigenvalue weighted by Gasteiger charge is -2.38. The third-order valence-corrected chi connectivity index (χ3v) is 10.9. The van der Waals surface area contributed by atoms with Crippen molar-refractivity contribution in [2.75, 3.05) is 46.0 Å². The number of hydrogen-bond acceptors (Lipinski definition) is 9. The molecule has 52 heavy (non-hydrogen) atoms. The predicted octanol–water partition coefficient (Wildman–Crippen LogP) is 6.66. The number of methoxy groups -OCH3 is 2. The van der Waals surface area contributed by atoms with E-state index in [1.807, 2.05) is 0 Å². The number of likely N-dealkylation sites (tertiary alicyclic amines) is 1. The number of hydrogen-bond donors (Lipinski definition) is 2. The van der Waals surface area contributed by atoms with Crippen molar-refractivity contribution >= 4 is 40.5 Å². The molecule has 1 aromatic heterocycles. The molecule has 0 spiro atoms. The number of ether oxygens (including phenoxy) is 4. The maximum Gasteiger partial charge on any atom is 0.407 e. The third-order valence-electron chi connectivity index (χ3n) is 10.9. The van der Waals surface area contributed by atoms with E-state index in [-0.39, 0.29) is 54.0 Å². The van der Waals surface area contributed by atoms with Gasteiger partial charge in [0.15, 0.2) is 0 Å². The Hall–Kier alpha value is -3.71. The summed E-state index contributed by atoms with van der Waals surface area (Å²) in [5.41, 5.74) is 0.332. The number of alkyl halides is 1. The number of fused-ring (bicyclic) bond motifs is 1. The lowest BCUT2D eigenvalue weighted by atomic mass is 9.75. The number of nitrogens with one attached hydrogen (secondary N) is 2. The van der Waals surface area contributed by atoms with Gasteiger partial charge in [0.25, 0.3) is 0 Å². The summed E-state index contributed by atoms with van der Waals surface area (Å²) in [6, 6.07) is 5.46. The average molecular weight is 730 g/mol. The van der Waals surface area contributed by atoms with Crippen molar-refractivity contribution in [3.8, 4) is 0 Å². The van der Waals surface area contributed by atoms with Crippen LogP contribution in [0.4, 0.5) is 14.9 Å². The van der Waals surface area contributed by atoms with Crippen LogP contribution >= 0.6 is 0 Å². The van der Waals surface area contributed by atoms with Gasteiger partial charge >= 0.3 is 12.1 Å². The van der Waals surface area contributed by atoms with Crippen molar-refractivity contribution in [1.29, 1.82) is 0 Å². The maximum atomic E-state index is 14.3. The number of benzene rings is 1. The van der Waals surface area contributed by atoms with Crippen LogP contribution in [0.25, 0.3) is 11.0 Å². The van der Waals surface area contributed by atoms with Gasteiger partial charge in [-0.05, 0) is 121 Å². The largest absolute Gasteiger partial charge is 0.460 e. The second-order valence-electron chi connectivity index (χ2n) is 15.6. The first-order valence-corrected chi connectivity index (χ1v) is 18.8. The smallest absolute Gasteiger partial charge is 0.407 e. The first-order valence-electron chi connectivity index (χ1n) is 18.8. The second kappa shape index (κ2) is 17.9. The monoisotopic (exact) mass is 729 g/mol. The molecule has 288 valence electrons. The molecule has 0 radical (unpaired) electrons. The zero-order chi connectivity index (χ0) is 37.4. The number of alkyl carbamates (subject to hydrolysis) is 1. The van der Waals surface area contributed by atoms with Crippen molar-refractivity contribution in [2.24, 2.45) is 23.7 Å². The molecule has 2 saturated carbocycles.